The lowest BCUT2D eigenvalue weighted by Gasteiger charge is -2.19. The first kappa shape index (κ1) is 11.4. The molecule has 14 heavy (non-hydrogen) atoms. The van der Waals surface area contributed by atoms with Gasteiger partial charge >= 0.3 is 0 Å². The van der Waals surface area contributed by atoms with E-state index in [1.54, 1.807) is 13.0 Å². The van der Waals surface area contributed by atoms with Crippen molar-refractivity contribution in [1.82, 2.24) is 0 Å². The molecular weight excluding hydrogens is 205 g/mol. The van der Waals surface area contributed by atoms with Gasteiger partial charge in [0.1, 0.15) is 5.82 Å². The molecule has 0 aromatic heterocycles. The average Bonchev–Trinajstić information content (AvgIpc) is 2.16. The van der Waals surface area contributed by atoms with Crippen LogP contribution in [0.2, 0.25) is 5.02 Å². The van der Waals surface area contributed by atoms with Crippen LogP contribution in [0.5, 0.6) is 0 Å². The minimum atomic E-state index is -0.774. The summed E-state index contributed by atoms with van der Waals surface area (Å²) >= 11 is 5.79. The van der Waals surface area contributed by atoms with Crippen LogP contribution < -0.4 is 5.73 Å². The van der Waals surface area contributed by atoms with Gasteiger partial charge in [0.2, 0.25) is 0 Å². The van der Waals surface area contributed by atoms with Gasteiger partial charge in [-0.1, -0.05) is 24.6 Å². The van der Waals surface area contributed by atoms with Crippen LogP contribution in [0.3, 0.4) is 0 Å². The molecule has 0 spiro atoms. The molecule has 0 saturated heterocycles. The summed E-state index contributed by atoms with van der Waals surface area (Å²) in [7, 11) is 0. The van der Waals surface area contributed by atoms with Gasteiger partial charge in [0.15, 0.2) is 0 Å². The summed E-state index contributed by atoms with van der Waals surface area (Å²) in [4.78, 5) is 0. The third-order valence-corrected chi connectivity index (χ3v) is 2.50. The Morgan fingerprint density at radius 2 is 2.21 bits per heavy atom. The Labute approximate surface area is 87.5 Å². The second-order valence-corrected chi connectivity index (χ2v) is 3.54. The highest BCUT2D eigenvalue weighted by atomic mass is 35.5. The van der Waals surface area contributed by atoms with Crippen LogP contribution >= 0.6 is 11.6 Å². The molecule has 1 rings (SSSR count). The Bertz CT molecular complexity index is 299. The maximum Gasteiger partial charge on any atom is 0.129 e. The van der Waals surface area contributed by atoms with E-state index in [1.165, 1.54) is 12.1 Å². The molecule has 3 N–H and O–H groups in total. The predicted molar refractivity (Wildman–Crippen MR) is 54.6 cm³/mol. The van der Waals surface area contributed by atoms with Crippen LogP contribution in [0.15, 0.2) is 18.2 Å². The van der Waals surface area contributed by atoms with Crippen molar-refractivity contribution in [2.75, 3.05) is 0 Å². The quantitative estimate of drug-likeness (QED) is 0.816. The highest BCUT2D eigenvalue weighted by molar-refractivity contribution is 6.31. The normalized spacial score (nSPS) is 15.2. The Morgan fingerprint density at radius 1 is 1.57 bits per heavy atom. The zero-order valence-corrected chi connectivity index (χ0v) is 8.63. The van der Waals surface area contributed by atoms with Crippen molar-refractivity contribution in [3.8, 4) is 0 Å². The smallest absolute Gasteiger partial charge is 0.129 e. The van der Waals surface area contributed by atoms with Crippen molar-refractivity contribution in [1.29, 1.82) is 0 Å². The molecule has 2 nitrogen and oxygen atoms in total. The third-order valence-electron chi connectivity index (χ3n) is 2.17. The van der Waals surface area contributed by atoms with Gasteiger partial charge in [-0.05, 0) is 18.6 Å². The predicted octanol–water partition coefficient (Wildman–Crippen LogP) is 2.25. The first-order valence-corrected chi connectivity index (χ1v) is 4.83. The second kappa shape index (κ2) is 4.73. The summed E-state index contributed by atoms with van der Waals surface area (Å²) in [5.41, 5.74) is 5.86. The summed E-state index contributed by atoms with van der Waals surface area (Å²) in [5, 5.41) is 9.73. The Hall–Kier alpha value is -0.640. The van der Waals surface area contributed by atoms with Crippen LogP contribution in [0.1, 0.15) is 24.9 Å². The molecule has 0 radical (unpaired) electrons. The summed E-state index contributed by atoms with van der Waals surface area (Å²) in [6.45, 7) is 1.78. The molecule has 0 amide bonds. The van der Waals surface area contributed by atoms with Gasteiger partial charge in [0, 0.05) is 10.6 Å². The van der Waals surface area contributed by atoms with Crippen LogP contribution in [-0.2, 0) is 0 Å². The number of nitrogens with two attached hydrogens (primary N) is 1. The zero-order chi connectivity index (χ0) is 10.7. The van der Waals surface area contributed by atoms with E-state index in [4.69, 9.17) is 17.3 Å². The Morgan fingerprint density at radius 3 is 2.71 bits per heavy atom. The van der Waals surface area contributed by atoms with Gasteiger partial charge in [-0.2, -0.15) is 0 Å². The molecule has 0 unspecified atom stereocenters. The molecule has 0 fully saturated rings. The van der Waals surface area contributed by atoms with Crippen molar-refractivity contribution in [2.45, 2.75) is 25.5 Å². The van der Waals surface area contributed by atoms with Crippen LogP contribution in [-0.4, -0.2) is 11.2 Å². The minimum Gasteiger partial charge on any atom is -0.391 e. The zero-order valence-electron chi connectivity index (χ0n) is 7.87. The molecule has 2 atom stereocenters. The van der Waals surface area contributed by atoms with E-state index in [9.17, 15) is 9.50 Å². The average molecular weight is 218 g/mol. The number of aliphatic hydroxyl groups is 1. The lowest BCUT2D eigenvalue weighted by Crippen LogP contribution is -2.26. The van der Waals surface area contributed by atoms with Crippen LogP contribution in [0.4, 0.5) is 4.39 Å². The number of aliphatic hydroxyl groups excluding tert-OH is 1. The number of hydrogen-bond donors (Lipinski definition) is 2. The van der Waals surface area contributed by atoms with E-state index >= 15 is 0 Å². The third kappa shape index (κ3) is 2.23. The van der Waals surface area contributed by atoms with Gasteiger partial charge in [-0.15, -0.1) is 0 Å². The van der Waals surface area contributed by atoms with Gasteiger partial charge in [0.05, 0.1) is 12.1 Å². The number of rotatable bonds is 3. The fourth-order valence-electron chi connectivity index (χ4n) is 1.28. The van der Waals surface area contributed by atoms with Gasteiger partial charge < -0.3 is 10.8 Å². The van der Waals surface area contributed by atoms with Crippen molar-refractivity contribution in [2.24, 2.45) is 5.73 Å². The molecule has 0 aliphatic carbocycles. The summed E-state index contributed by atoms with van der Waals surface area (Å²) in [6, 6.07) is 3.58. The van der Waals surface area contributed by atoms with Crippen molar-refractivity contribution < 1.29 is 9.50 Å². The largest absolute Gasteiger partial charge is 0.391 e. The van der Waals surface area contributed by atoms with Crippen molar-refractivity contribution in [3.05, 3.63) is 34.6 Å². The first-order chi connectivity index (χ1) is 6.57. The van der Waals surface area contributed by atoms with Gasteiger partial charge in [0.25, 0.3) is 0 Å². The van der Waals surface area contributed by atoms with Crippen LogP contribution in [0, 0.1) is 5.82 Å². The Balaban J connectivity index is 3.05. The fraction of sp³-hybridized carbons (Fsp3) is 0.400. The standard InChI is InChI=1S/C10H13ClFNO/c1-2-8(14)10(13)9-6(11)4-3-5-7(9)12/h3-5,8,10,14H,2,13H2,1H3/t8-,10-/m1/s1. The molecule has 1 aromatic carbocycles. The maximum absolute atomic E-state index is 13.3. The Kier molecular flexibility index (Phi) is 3.86. The summed E-state index contributed by atoms with van der Waals surface area (Å²) in [5.74, 6) is -0.475. The maximum atomic E-state index is 13.3. The molecule has 0 heterocycles. The highest BCUT2D eigenvalue weighted by Crippen LogP contribution is 2.27. The SMILES string of the molecule is CC[C@@H](O)[C@@H](N)c1c(F)cccc1Cl. The van der Waals surface area contributed by atoms with E-state index in [0.717, 1.165) is 0 Å². The van der Waals surface area contributed by atoms with E-state index in [1.807, 2.05) is 0 Å². The number of benzene rings is 1. The molecule has 0 bridgehead atoms. The lowest BCUT2D eigenvalue weighted by molar-refractivity contribution is 0.139. The first-order valence-electron chi connectivity index (χ1n) is 4.45. The monoisotopic (exact) mass is 217 g/mol. The number of hydrogen-bond acceptors (Lipinski definition) is 2. The lowest BCUT2D eigenvalue weighted by atomic mass is 10.00. The molecule has 1 aromatic rings. The number of halogens is 2. The molecule has 0 saturated carbocycles. The van der Waals surface area contributed by atoms with Gasteiger partial charge in [-0.25, -0.2) is 4.39 Å². The van der Waals surface area contributed by atoms with Crippen LogP contribution in [0.25, 0.3) is 0 Å². The molecular formula is C10H13ClFNO. The summed E-state index contributed by atoms with van der Waals surface area (Å²) < 4.78 is 13.3. The topological polar surface area (TPSA) is 46.2 Å². The second-order valence-electron chi connectivity index (χ2n) is 3.14. The molecule has 4 heteroatoms. The fourth-order valence-corrected chi connectivity index (χ4v) is 1.56. The molecule has 0 aliphatic heterocycles. The minimum absolute atomic E-state index is 0.184. The highest BCUT2D eigenvalue weighted by Gasteiger charge is 2.20. The van der Waals surface area contributed by atoms with Crippen molar-refractivity contribution in [3.63, 3.8) is 0 Å². The molecule has 78 valence electrons. The van der Waals surface area contributed by atoms with E-state index < -0.39 is 18.0 Å². The summed E-state index contributed by atoms with van der Waals surface area (Å²) in [6.07, 6.45) is -0.310. The van der Waals surface area contributed by atoms with Crippen molar-refractivity contribution >= 4 is 11.6 Å². The van der Waals surface area contributed by atoms with Gasteiger partial charge in [-0.3, -0.25) is 0 Å². The van der Waals surface area contributed by atoms with E-state index in [-0.39, 0.29) is 10.6 Å². The van der Waals surface area contributed by atoms with E-state index in [0.29, 0.717) is 6.42 Å². The molecule has 0 aliphatic rings. The van der Waals surface area contributed by atoms with E-state index in [2.05, 4.69) is 0 Å².